The third-order valence-corrected chi connectivity index (χ3v) is 3.76. The van der Waals surface area contributed by atoms with Gasteiger partial charge < -0.3 is 4.90 Å². The maximum atomic E-state index is 12.1. The van der Waals surface area contributed by atoms with Gasteiger partial charge >= 0.3 is 0 Å². The molecule has 22 heavy (non-hydrogen) atoms. The van der Waals surface area contributed by atoms with E-state index in [0.717, 1.165) is 21.4 Å². The first kappa shape index (κ1) is 16.2. The van der Waals surface area contributed by atoms with Gasteiger partial charge in [-0.15, -0.1) is 0 Å². The summed E-state index contributed by atoms with van der Waals surface area (Å²) < 4.78 is 1.01. The smallest absolute Gasteiger partial charge is 0.271 e. The molecule has 0 saturated carbocycles. The molecule has 0 unspecified atom stereocenters. The summed E-state index contributed by atoms with van der Waals surface area (Å²) >= 11 is 3.39. The Labute approximate surface area is 139 Å². The number of halogens is 1. The molecule has 0 radical (unpaired) electrons. The van der Waals surface area contributed by atoms with Crippen LogP contribution in [-0.2, 0) is 0 Å². The van der Waals surface area contributed by atoms with Gasteiger partial charge in [0.25, 0.3) is 5.91 Å². The summed E-state index contributed by atoms with van der Waals surface area (Å²) in [6.07, 6.45) is 0. The Balaban J connectivity index is 2.05. The second-order valence-corrected chi connectivity index (χ2v) is 6.00. The van der Waals surface area contributed by atoms with E-state index in [1.807, 2.05) is 62.3 Å². The molecular weight excluding hydrogens is 342 g/mol. The van der Waals surface area contributed by atoms with E-state index in [-0.39, 0.29) is 5.91 Å². The van der Waals surface area contributed by atoms with E-state index in [9.17, 15) is 4.79 Å². The Hall–Kier alpha value is -2.14. The number of anilines is 1. The summed E-state index contributed by atoms with van der Waals surface area (Å²) in [7, 11) is 3.92. The lowest BCUT2D eigenvalue weighted by Crippen LogP contribution is -2.19. The molecule has 0 spiro atoms. The summed E-state index contributed by atoms with van der Waals surface area (Å²) in [5.74, 6) is -0.221. The number of nitrogens with zero attached hydrogens (tertiary/aromatic N) is 2. The third kappa shape index (κ3) is 4.18. The number of amides is 1. The topological polar surface area (TPSA) is 44.7 Å². The molecule has 0 fully saturated rings. The first-order chi connectivity index (χ1) is 10.5. The van der Waals surface area contributed by atoms with Crippen molar-refractivity contribution in [1.82, 2.24) is 5.43 Å². The van der Waals surface area contributed by atoms with Crippen molar-refractivity contribution >= 4 is 33.2 Å². The molecule has 0 aliphatic rings. The molecule has 2 rings (SSSR count). The molecule has 1 amide bonds. The van der Waals surface area contributed by atoms with E-state index in [4.69, 9.17) is 0 Å². The standard InChI is InChI=1S/C17H18BrN3O/c1-12(13-4-8-15(18)9-5-13)19-20-17(22)14-6-10-16(11-7-14)21(2)3/h4-11H,1-3H3,(H,20,22). The monoisotopic (exact) mass is 359 g/mol. The Morgan fingerprint density at radius 1 is 1.00 bits per heavy atom. The van der Waals surface area contributed by atoms with E-state index < -0.39 is 0 Å². The van der Waals surface area contributed by atoms with Crippen LogP contribution >= 0.6 is 15.9 Å². The molecule has 0 aliphatic carbocycles. The van der Waals surface area contributed by atoms with Crippen molar-refractivity contribution in [2.45, 2.75) is 6.92 Å². The van der Waals surface area contributed by atoms with Crippen LogP contribution in [0.2, 0.25) is 0 Å². The van der Waals surface area contributed by atoms with Gasteiger partial charge in [0.05, 0.1) is 5.71 Å². The highest BCUT2D eigenvalue weighted by Crippen LogP contribution is 2.13. The van der Waals surface area contributed by atoms with E-state index in [1.165, 1.54) is 0 Å². The van der Waals surface area contributed by atoms with Gasteiger partial charge in [0.2, 0.25) is 0 Å². The van der Waals surface area contributed by atoms with Crippen LogP contribution in [0.15, 0.2) is 58.1 Å². The largest absolute Gasteiger partial charge is 0.378 e. The molecule has 0 aliphatic heterocycles. The van der Waals surface area contributed by atoms with Gasteiger partial charge in [-0.1, -0.05) is 28.1 Å². The highest BCUT2D eigenvalue weighted by atomic mass is 79.9. The highest BCUT2D eigenvalue weighted by Gasteiger charge is 2.05. The molecule has 2 aromatic rings. The Kier molecular flexibility index (Phi) is 5.33. The van der Waals surface area contributed by atoms with Crippen LogP contribution in [0.3, 0.4) is 0 Å². The minimum atomic E-state index is -0.221. The maximum absolute atomic E-state index is 12.1. The summed E-state index contributed by atoms with van der Waals surface area (Å²) in [5.41, 5.74) is 5.93. The molecular formula is C17H18BrN3O. The maximum Gasteiger partial charge on any atom is 0.271 e. The normalized spacial score (nSPS) is 11.2. The molecule has 1 N–H and O–H groups in total. The number of benzene rings is 2. The fourth-order valence-corrected chi connectivity index (χ4v) is 2.13. The van der Waals surface area contributed by atoms with Crippen LogP contribution in [0.4, 0.5) is 5.69 Å². The molecule has 114 valence electrons. The van der Waals surface area contributed by atoms with Crippen molar-refractivity contribution in [3.05, 3.63) is 64.1 Å². The van der Waals surface area contributed by atoms with Crippen molar-refractivity contribution in [3.8, 4) is 0 Å². The number of hydrogen-bond donors (Lipinski definition) is 1. The lowest BCUT2D eigenvalue weighted by atomic mass is 10.1. The van der Waals surface area contributed by atoms with Crippen molar-refractivity contribution in [1.29, 1.82) is 0 Å². The first-order valence-corrected chi connectivity index (χ1v) is 7.64. The molecule has 0 bridgehead atoms. The molecule has 4 nitrogen and oxygen atoms in total. The van der Waals surface area contributed by atoms with Gasteiger partial charge in [0, 0.05) is 29.8 Å². The summed E-state index contributed by atoms with van der Waals surface area (Å²) in [6, 6.07) is 15.2. The predicted octanol–water partition coefficient (Wildman–Crippen LogP) is 3.67. The lowest BCUT2D eigenvalue weighted by Gasteiger charge is -2.12. The molecule has 0 heterocycles. The quantitative estimate of drug-likeness (QED) is 0.668. The summed E-state index contributed by atoms with van der Waals surface area (Å²) in [6.45, 7) is 1.86. The highest BCUT2D eigenvalue weighted by molar-refractivity contribution is 9.10. The second kappa shape index (κ2) is 7.22. The Morgan fingerprint density at radius 2 is 1.55 bits per heavy atom. The average molecular weight is 360 g/mol. The number of nitrogens with one attached hydrogen (secondary N) is 1. The van der Waals surface area contributed by atoms with Gasteiger partial charge in [-0.05, 0) is 48.9 Å². The molecule has 0 saturated heterocycles. The number of rotatable bonds is 4. The molecule has 2 aromatic carbocycles. The number of carbonyl (C=O) groups is 1. The van der Waals surface area contributed by atoms with Gasteiger partial charge in [-0.25, -0.2) is 5.43 Å². The SMILES string of the molecule is CC(=NNC(=O)c1ccc(N(C)C)cc1)c1ccc(Br)cc1. The molecule has 5 heteroatoms. The Morgan fingerprint density at radius 3 is 2.09 bits per heavy atom. The zero-order valence-electron chi connectivity index (χ0n) is 12.8. The number of carbonyl (C=O) groups excluding carboxylic acids is 1. The van der Waals surface area contributed by atoms with Crippen molar-refractivity contribution in [3.63, 3.8) is 0 Å². The van der Waals surface area contributed by atoms with Gasteiger partial charge in [0.1, 0.15) is 0 Å². The van der Waals surface area contributed by atoms with Gasteiger partial charge in [0.15, 0.2) is 0 Å². The van der Waals surface area contributed by atoms with E-state index in [1.54, 1.807) is 12.1 Å². The lowest BCUT2D eigenvalue weighted by molar-refractivity contribution is 0.0955. The fourth-order valence-electron chi connectivity index (χ4n) is 1.87. The number of hydrazone groups is 1. The summed E-state index contributed by atoms with van der Waals surface area (Å²) in [5, 5.41) is 4.15. The second-order valence-electron chi connectivity index (χ2n) is 5.09. The van der Waals surface area contributed by atoms with Crippen LogP contribution in [0.1, 0.15) is 22.8 Å². The van der Waals surface area contributed by atoms with Crippen LogP contribution in [0, 0.1) is 0 Å². The molecule has 0 atom stereocenters. The van der Waals surface area contributed by atoms with Crippen LogP contribution in [0.5, 0.6) is 0 Å². The minimum absolute atomic E-state index is 0.221. The van der Waals surface area contributed by atoms with Crippen molar-refractivity contribution < 1.29 is 4.79 Å². The zero-order chi connectivity index (χ0) is 16.1. The van der Waals surface area contributed by atoms with E-state index >= 15 is 0 Å². The van der Waals surface area contributed by atoms with Crippen LogP contribution in [0.25, 0.3) is 0 Å². The third-order valence-electron chi connectivity index (χ3n) is 3.23. The Bertz CT molecular complexity index is 676. The van der Waals surface area contributed by atoms with Gasteiger partial charge in [-0.3, -0.25) is 4.79 Å². The van der Waals surface area contributed by atoms with Crippen LogP contribution < -0.4 is 10.3 Å². The zero-order valence-corrected chi connectivity index (χ0v) is 14.4. The number of hydrogen-bond acceptors (Lipinski definition) is 3. The van der Waals surface area contributed by atoms with E-state index in [2.05, 4.69) is 26.5 Å². The van der Waals surface area contributed by atoms with Crippen molar-refractivity contribution in [2.75, 3.05) is 19.0 Å². The van der Waals surface area contributed by atoms with Crippen LogP contribution in [-0.4, -0.2) is 25.7 Å². The van der Waals surface area contributed by atoms with E-state index in [0.29, 0.717) is 5.56 Å². The minimum Gasteiger partial charge on any atom is -0.378 e. The van der Waals surface area contributed by atoms with Gasteiger partial charge in [-0.2, -0.15) is 5.10 Å². The molecule has 0 aromatic heterocycles. The predicted molar refractivity (Wildman–Crippen MR) is 94.6 cm³/mol. The average Bonchev–Trinajstić information content (AvgIpc) is 2.53. The fraction of sp³-hybridized carbons (Fsp3) is 0.176. The first-order valence-electron chi connectivity index (χ1n) is 6.85. The van der Waals surface area contributed by atoms with Crippen molar-refractivity contribution in [2.24, 2.45) is 5.10 Å². The summed E-state index contributed by atoms with van der Waals surface area (Å²) in [4.78, 5) is 14.1.